The number of nitrogens with two attached hydrogens (primary N) is 1. The van der Waals surface area contributed by atoms with E-state index >= 15 is 0 Å². The van der Waals surface area contributed by atoms with Crippen LogP contribution in [0.5, 0.6) is 0 Å². The molecule has 1 aromatic heterocycles. The number of aromatic nitrogens is 2. The lowest BCUT2D eigenvalue weighted by Crippen LogP contribution is -2.47. The van der Waals surface area contributed by atoms with Crippen molar-refractivity contribution in [2.24, 2.45) is 5.92 Å². The monoisotopic (exact) mass is 291 g/mol. The van der Waals surface area contributed by atoms with Gasteiger partial charge in [-0.1, -0.05) is 13.8 Å². The Hall–Kier alpha value is -2.18. The fourth-order valence-corrected chi connectivity index (χ4v) is 2.39. The lowest BCUT2D eigenvalue weighted by molar-refractivity contribution is -0.135. The summed E-state index contributed by atoms with van der Waals surface area (Å²) in [7, 11) is 0. The number of anilines is 1. The van der Waals surface area contributed by atoms with Crippen LogP contribution in [-0.2, 0) is 4.79 Å². The van der Waals surface area contributed by atoms with Crippen LogP contribution < -0.4 is 11.1 Å². The summed E-state index contributed by atoms with van der Waals surface area (Å²) in [4.78, 5) is 33.6. The Morgan fingerprint density at radius 3 is 2.48 bits per heavy atom. The first-order valence-electron chi connectivity index (χ1n) is 7.15. The minimum Gasteiger partial charge on any atom is -0.382 e. The van der Waals surface area contributed by atoms with Crippen molar-refractivity contribution in [3.63, 3.8) is 0 Å². The highest BCUT2D eigenvalue weighted by atomic mass is 16.2. The third-order valence-electron chi connectivity index (χ3n) is 3.58. The summed E-state index contributed by atoms with van der Waals surface area (Å²) < 4.78 is 0. The first-order chi connectivity index (χ1) is 9.99. The van der Waals surface area contributed by atoms with Crippen LogP contribution in [0.15, 0.2) is 12.4 Å². The van der Waals surface area contributed by atoms with Crippen molar-refractivity contribution in [2.45, 2.75) is 32.7 Å². The third-order valence-corrected chi connectivity index (χ3v) is 3.58. The second-order valence-corrected chi connectivity index (χ2v) is 5.52. The van der Waals surface area contributed by atoms with Crippen molar-refractivity contribution in [3.8, 4) is 0 Å². The van der Waals surface area contributed by atoms with Crippen molar-refractivity contribution in [1.82, 2.24) is 20.2 Å². The Morgan fingerprint density at radius 2 is 1.90 bits per heavy atom. The molecule has 3 N–H and O–H groups in total. The summed E-state index contributed by atoms with van der Waals surface area (Å²) in [5.74, 6) is -0.00913. The van der Waals surface area contributed by atoms with Gasteiger partial charge in [-0.05, 0) is 12.8 Å². The van der Waals surface area contributed by atoms with E-state index in [1.54, 1.807) is 0 Å². The third kappa shape index (κ3) is 3.68. The first kappa shape index (κ1) is 15.2. The van der Waals surface area contributed by atoms with Gasteiger partial charge in [-0.3, -0.25) is 9.59 Å². The minimum absolute atomic E-state index is 0.00975. The lowest BCUT2D eigenvalue weighted by Gasteiger charge is -2.33. The molecule has 1 aliphatic heterocycles. The highest BCUT2D eigenvalue weighted by Gasteiger charge is 2.26. The maximum absolute atomic E-state index is 12.1. The zero-order valence-corrected chi connectivity index (χ0v) is 12.4. The van der Waals surface area contributed by atoms with Crippen LogP contribution in [0.1, 0.15) is 37.2 Å². The van der Waals surface area contributed by atoms with E-state index in [1.165, 1.54) is 12.4 Å². The summed E-state index contributed by atoms with van der Waals surface area (Å²) in [5.41, 5.74) is 5.79. The molecule has 2 heterocycles. The molecule has 114 valence electrons. The molecular formula is C14H21N5O2. The Kier molecular flexibility index (Phi) is 4.72. The van der Waals surface area contributed by atoms with Crippen molar-refractivity contribution in [2.75, 3.05) is 18.8 Å². The molecule has 0 spiro atoms. The van der Waals surface area contributed by atoms with Crippen LogP contribution in [0.2, 0.25) is 0 Å². The number of nitrogens with zero attached hydrogens (tertiary/aromatic N) is 3. The SMILES string of the molecule is CC(C)C(=O)N1CCC(NC(=O)c2nccnc2N)CC1. The number of hydrogen-bond acceptors (Lipinski definition) is 5. The van der Waals surface area contributed by atoms with Crippen LogP contribution in [-0.4, -0.2) is 45.8 Å². The molecule has 7 nitrogen and oxygen atoms in total. The van der Waals surface area contributed by atoms with Gasteiger partial charge in [0.1, 0.15) is 0 Å². The predicted octanol–water partition coefficient (Wildman–Crippen LogP) is 0.436. The van der Waals surface area contributed by atoms with E-state index in [0.29, 0.717) is 13.1 Å². The average molecular weight is 291 g/mol. The summed E-state index contributed by atoms with van der Waals surface area (Å²) in [6, 6.07) is 0.0371. The fourth-order valence-electron chi connectivity index (χ4n) is 2.39. The molecule has 7 heteroatoms. The first-order valence-corrected chi connectivity index (χ1v) is 7.15. The second-order valence-electron chi connectivity index (χ2n) is 5.52. The molecule has 0 unspecified atom stereocenters. The summed E-state index contributed by atoms with van der Waals surface area (Å²) in [5, 5.41) is 2.91. The van der Waals surface area contributed by atoms with Gasteiger partial charge in [0, 0.05) is 37.4 Å². The highest BCUT2D eigenvalue weighted by molar-refractivity contribution is 5.96. The molecule has 1 aliphatic rings. The Labute approximate surface area is 123 Å². The molecule has 1 aromatic rings. The van der Waals surface area contributed by atoms with E-state index in [-0.39, 0.29) is 35.3 Å². The molecule has 2 rings (SSSR count). The maximum atomic E-state index is 12.1. The molecule has 1 fully saturated rings. The molecule has 0 saturated carbocycles. The number of hydrogen-bond donors (Lipinski definition) is 2. The van der Waals surface area contributed by atoms with E-state index in [2.05, 4.69) is 15.3 Å². The van der Waals surface area contributed by atoms with Crippen LogP contribution in [0.4, 0.5) is 5.82 Å². The van der Waals surface area contributed by atoms with Gasteiger partial charge in [0.15, 0.2) is 11.5 Å². The molecule has 0 radical (unpaired) electrons. The van der Waals surface area contributed by atoms with Gasteiger partial charge >= 0.3 is 0 Å². The molecule has 0 bridgehead atoms. The van der Waals surface area contributed by atoms with E-state index in [4.69, 9.17) is 5.73 Å². The van der Waals surface area contributed by atoms with Gasteiger partial charge in [-0.15, -0.1) is 0 Å². The zero-order valence-electron chi connectivity index (χ0n) is 12.4. The van der Waals surface area contributed by atoms with Crippen LogP contribution in [0.3, 0.4) is 0 Å². The predicted molar refractivity (Wildman–Crippen MR) is 78.4 cm³/mol. The lowest BCUT2D eigenvalue weighted by atomic mass is 10.0. The van der Waals surface area contributed by atoms with Crippen LogP contribution in [0, 0.1) is 5.92 Å². The molecule has 2 amide bonds. The van der Waals surface area contributed by atoms with E-state index in [0.717, 1.165) is 12.8 Å². The summed E-state index contributed by atoms with van der Waals surface area (Å²) >= 11 is 0. The second kappa shape index (κ2) is 6.51. The fraction of sp³-hybridized carbons (Fsp3) is 0.571. The Morgan fingerprint density at radius 1 is 1.29 bits per heavy atom. The van der Waals surface area contributed by atoms with Gasteiger partial charge in [0.2, 0.25) is 5.91 Å². The van der Waals surface area contributed by atoms with Crippen LogP contribution in [0.25, 0.3) is 0 Å². The highest BCUT2D eigenvalue weighted by Crippen LogP contribution is 2.14. The number of nitrogens with one attached hydrogen (secondary N) is 1. The quantitative estimate of drug-likeness (QED) is 0.841. The molecule has 21 heavy (non-hydrogen) atoms. The molecule has 0 atom stereocenters. The summed E-state index contributed by atoms with van der Waals surface area (Å²) in [6.07, 6.45) is 4.37. The van der Waals surface area contributed by atoms with Crippen molar-refractivity contribution >= 4 is 17.6 Å². The number of piperidine rings is 1. The van der Waals surface area contributed by atoms with Gasteiger partial charge in [-0.25, -0.2) is 9.97 Å². The van der Waals surface area contributed by atoms with Crippen molar-refractivity contribution < 1.29 is 9.59 Å². The van der Waals surface area contributed by atoms with Gasteiger partial charge in [0.25, 0.3) is 5.91 Å². The molecule has 0 aromatic carbocycles. The minimum atomic E-state index is -0.311. The van der Waals surface area contributed by atoms with Gasteiger partial charge in [0.05, 0.1) is 0 Å². The van der Waals surface area contributed by atoms with Crippen molar-refractivity contribution in [3.05, 3.63) is 18.1 Å². The van der Waals surface area contributed by atoms with Gasteiger partial charge < -0.3 is 16.0 Å². The van der Waals surface area contributed by atoms with Gasteiger partial charge in [-0.2, -0.15) is 0 Å². The normalized spacial score (nSPS) is 16.0. The molecular weight excluding hydrogens is 270 g/mol. The number of rotatable bonds is 3. The molecule has 1 saturated heterocycles. The van der Waals surface area contributed by atoms with E-state index < -0.39 is 0 Å². The summed E-state index contributed by atoms with van der Waals surface area (Å²) in [6.45, 7) is 5.12. The van der Waals surface area contributed by atoms with Crippen molar-refractivity contribution in [1.29, 1.82) is 0 Å². The average Bonchev–Trinajstić information content (AvgIpc) is 2.47. The number of likely N-dealkylation sites (tertiary alicyclic amines) is 1. The zero-order chi connectivity index (χ0) is 15.4. The van der Waals surface area contributed by atoms with E-state index in [9.17, 15) is 9.59 Å². The number of nitrogen functional groups attached to an aromatic ring is 1. The Balaban J connectivity index is 1.88. The Bertz CT molecular complexity index is 524. The van der Waals surface area contributed by atoms with Crippen LogP contribution >= 0.6 is 0 Å². The van der Waals surface area contributed by atoms with E-state index in [1.807, 2.05) is 18.7 Å². The number of carbonyl (C=O) groups excluding carboxylic acids is 2. The number of amides is 2. The molecule has 0 aliphatic carbocycles. The smallest absolute Gasteiger partial charge is 0.273 e. The standard InChI is InChI=1S/C14H21N5O2/c1-9(2)14(21)19-7-3-10(4-8-19)18-13(20)11-12(15)17-6-5-16-11/h5-6,9-10H,3-4,7-8H2,1-2H3,(H2,15,17)(H,18,20). The maximum Gasteiger partial charge on any atom is 0.273 e. The topological polar surface area (TPSA) is 101 Å². The number of carbonyl (C=O) groups is 2. The largest absolute Gasteiger partial charge is 0.382 e.